The molecule has 150 valence electrons. The number of hydrogen-bond acceptors (Lipinski definition) is 5. The van der Waals surface area contributed by atoms with E-state index in [1.165, 1.54) is 4.90 Å². The number of amides is 1. The van der Waals surface area contributed by atoms with Crippen LogP contribution < -0.4 is 4.74 Å². The van der Waals surface area contributed by atoms with Crippen LogP contribution in [-0.2, 0) is 16.1 Å². The third kappa shape index (κ3) is 3.55. The van der Waals surface area contributed by atoms with Gasteiger partial charge in [0.15, 0.2) is 0 Å². The molecule has 1 atom stereocenters. The highest BCUT2D eigenvalue weighted by atomic mass is 16.5. The van der Waals surface area contributed by atoms with Gasteiger partial charge in [-0.05, 0) is 41.5 Å². The molecule has 1 unspecified atom stereocenters. The molecule has 4 rings (SSSR count). The summed E-state index contributed by atoms with van der Waals surface area (Å²) in [7, 11) is 1.55. The summed E-state index contributed by atoms with van der Waals surface area (Å²) in [6.45, 7) is 0.206. The minimum atomic E-state index is -0.707. The van der Waals surface area contributed by atoms with Crippen LogP contribution in [0.4, 0.5) is 0 Å². The normalized spacial score (nSPS) is 17.9. The average molecular weight is 400 g/mol. The van der Waals surface area contributed by atoms with E-state index in [0.717, 1.165) is 11.1 Å². The predicted octanol–water partition coefficient (Wildman–Crippen LogP) is 3.71. The van der Waals surface area contributed by atoms with Gasteiger partial charge in [-0.15, -0.1) is 0 Å². The van der Waals surface area contributed by atoms with Gasteiger partial charge in [0.1, 0.15) is 11.5 Å². The minimum absolute atomic E-state index is 0.0697. The Bertz CT molecular complexity index is 1090. The molecule has 1 saturated heterocycles. The Hall–Kier alpha value is -3.93. The van der Waals surface area contributed by atoms with Gasteiger partial charge < -0.3 is 14.7 Å². The maximum Gasteiger partial charge on any atom is 0.295 e. The second-order valence-corrected chi connectivity index (χ2v) is 6.93. The summed E-state index contributed by atoms with van der Waals surface area (Å²) >= 11 is 0. The number of methoxy groups -OCH3 is 1. The minimum Gasteiger partial charge on any atom is -0.507 e. The van der Waals surface area contributed by atoms with Crippen LogP contribution in [-0.4, -0.2) is 33.8 Å². The van der Waals surface area contributed by atoms with Gasteiger partial charge >= 0.3 is 0 Å². The van der Waals surface area contributed by atoms with Gasteiger partial charge in [-0.1, -0.05) is 36.4 Å². The zero-order chi connectivity index (χ0) is 21.1. The van der Waals surface area contributed by atoms with Crippen molar-refractivity contribution in [3.05, 3.63) is 101 Å². The first-order chi connectivity index (χ1) is 14.6. The summed E-state index contributed by atoms with van der Waals surface area (Å²) < 4.78 is 5.15. The Morgan fingerprint density at radius 1 is 1.03 bits per heavy atom. The molecule has 3 aromatic rings. The van der Waals surface area contributed by atoms with Crippen LogP contribution in [0.5, 0.6) is 5.75 Å². The van der Waals surface area contributed by atoms with Gasteiger partial charge in [0.25, 0.3) is 11.7 Å². The Morgan fingerprint density at radius 3 is 2.40 bits per heavy atom. The molecule has 1 N–H and O–H groups in total. The van der Waals surface area contributed by atoms with Crippen molar-refractivity contribution < 1.29 is 19.4 Å². The monoisotopic (exact) mass is 400 g/mol. The molecule has 0 saturated carbocycles. The lowest BCUT2D eigenvalue weighted by Gasteiger charge is -2.25. The number of likely N-dealkylation sites (tertiary alicyclic amines) is 1. The van der Waals surface area contributed by atoms with E-state index in [2.05, 4.69) is 4.98 Å². The highest BCUT2D eigenvalue weighted by Crippen LogP contribution is 2.40. The van der Waals surface area contributed by atoms with Crippen molar-refractivity contribution in [2.24, 2.45) is 0 Å². The van der Waals surface area contributed by atoms with Crippen LogP contribution in [0.15, 0.2) is 84.7 Å². The number of aromatic nitrogens is 1. The van der Waals surface area contributed by atoms with Crippen LogP contribution in [0.25, 0.3) is 5.76 Å². The molecule has 0 radical (unpaired) electrons. The maximum absolute atomic E-state index is 13.0. The van der Waals surface area contributed by atoms with E-state index < -0.39 is 17.7 Å². The Morgan fingerprint density at radius 2 is 1.77 bits per heavy atom. The third-order valence-electron chi connectivity index (χ3n) is 5.09. The molecular weight excluding hydrogens is 380 g/mol. The fraction of sp³-hybridized carbons (Fsp3) is 0.125. The first kappa shape index (κ1) is 19.4. The van der Waals surface area contributed by atoms with E-state index in [0.29, 0.717) is 11.3 Å². The number of aliphatic hydroxyl groups excluding tert-OH is 1. The SMILES string of the molecule is COc1ccc(/C(O)=C2\C(=O)C(=O)N(Cc3cccnc3)C2c2ccccc2)cc1. The number of hydrogen-bond donors (Lipinski definition) is 1. The Kier molecular flexibility index (Phi) is 5.30. The van der Waals surface area contributed by atoms with Crippen LogP contribution >= 0.6 is 0 Å². The first-order valence-electron chi connectivity index (χ1n) is 9.47. The molecular formula is C24H20N2O4. The molecule has 6 heteroatoms. The summed E-state index contributed by atoms with van der Waals surface area (Å²) in [5, 5.41) is 11.0. The lowest BCUT2D eigenvalue weighted by Crippen LogP contribution is -2.29. The lowest BCUT2D eigenvalue weighted by molar-refractivity contribution is -0.140. The summed E-state index contributed by atoms with van der Waals surface area (Å²) in [4.78, 5) is 31.5. The van der Waals surface area contributed by atoms with Gasteiger partial charge in [-0.25, -0.2) is 0 Å². The fourth-order valence-electron chi connectivity index (χ4n) is 3.62. The molecule has 1 amide bonds. The van der Waals surface area contributed by atoms with Crippen LogP contribution in [0, 0.1) is 0 Å². The second kappa shape index (κ2) is 8.21. The number of pyridine rings is 1. The van der Waals surface area contributed by atoms with Crippen molar-refractivity contribution in [3.63, 3.8) is 0 Å². The Balaban J connectivity index is 1.83. The van der Waals surface area contributed by atoms with E-state index in [1.807, 2.05) is 36.4 Å². The predicted molar refractivity (Wildman–Crippen MR) is 112 cm³/mol. The number of benzene rings is 2. The third-order valence-corrected chi connectivity index (χ3v) is 5.09. The molecule has 1 fully saturated rings. The average Bonchev–Trinajstić information content (AvgIpc) is 3.05. The molecule has 30 heavy (non-hydrogen) atoms. The van der Waals surface area contributed by atoms with Crippen molar-refractivity contribution in [1.82, 2.24) is 9.88 Å². The molecule has 0 aliphatic carbocycles. The second-order valence-electron chi connectivity index (χ2n) is 6.93. The van der Waals surface area contributed by atoms with E-state index >= 15 is 0 Å². The maximum atomic E-state index is 13.0. The first-order valence-corrected chi connectivity index (χ1v) is 9.47. The molecule has 1 aliphatic heterocycles. The molecule has 1 aliphatic rings. The van der Waals surface area contributed by atoms with Crippen molar-refractivity contribution in [2.45, 2.75) is 12.6 Å². The molecule has 2 heterocycles. The van der Waals surface area contributed by atoms with Crippen molar-refractivity contribution in [3.8, 4) is 5.75 Å². The highest BCUT2D eigenvalue weighted by Gasteiger charge is 2.46. The zero-order valence-corrected chi connectivity index (χ0v) is 16.4. The number of aliphatic hydroxyl groups is 1. The van der Waals surface area contributed by atoms with Crippen LogP contribution in [0.1, 0.15) is 22.7 Å². The topological polar surface area (TPSA) is 79.7 Å². The van der Waals surface area contributed by atoms with Crippen molar-refractivity contribution >= 4 is 17.4 Å². The smallest absolute Gasteiger partial charge is 0.295 e. The van der Waals surface area contributed by atoms with Crippen molar-refractivity contribution in [1.29, 1.82) is 0 Å². The van der Waals surface area contributed by atoms with Gasteiger partial charge in [-0.3, -0.25) is 14.6 Å². The summed E-state index contributed by atoms with van der Waals surface area (Å²) in [6, 6.07) is 18.8. The number of rotatable bonds is 5. The molecule has 1 aromatic heterocycles. The fourth-order valence-corrected chi connectivity index (χ4v) is 3.62. The quantitative estimate of drug-likeness (QED) is 0.401. The molecule has 0 bridgehead atoms. The van der Waals surface area contributed by atoms with Gasteiger partial charge in [-0.2, -0.15) is 0 Å². The molecule has 2 aromatic carbocycles. The van der Waals surface area contributed by atoms with Gasteiger partial charge in [0, 0.05) is 24.5 Å². The standard InChI is InChI=1S/C24H20N2O4/c1-30-19-11-9-18(10-12-19)22(27)20-21(17-7-3-2-4-8-17)26(24(29)23(20)28)15-16-6-5-13-25-14-16/h2-14,21,27H,15H2,1H3/b22-20+. The number of ether oxygens (including phenoxy) is 1. The molecule has 6 nitrogen and oxygen atoms in total. The lowest BCUT2D eigenvalue weighted by atomic mass is 9.95. The summed E-state index contributed by atoms with van der Waals surface area (Å²) in [5.41, 5.74) is 2.05. The summed E-state index contributed by atoms with van der Waals surface area (Å²) in [5.74, 6) is -0.939. The van der Waals surface area contributed by atoms with Crippen molar-refractivity contribution in [2.75, 3.05) is 7.11 Å². The van der Waals surface area contributed by atoms with E-state index in [-0.39, 0.29) is 17.9 Å². The van der Waals surface area contributed by atoms with Crippen LogP contribution in [0.3, 0.4) is 0 Å². The highest BCUT2D eigenvalue weighted by molar-refractivity contribution is 6.46. The zero-order valence-electron chi connectivity index (χ0n) is 16.4. The number of Topliss-reactive ketones (excluding diaryl/α,β-unsaturated/α-hetero) is 1. The largest absolute Gasteiger partial charge is 0.507 e. The molecule has 0 spiro atoms. The Labute approximate surface area is 174 Å². The van der Waals surface area contributed by atoms with Crippen LogP contribution in [0.2, 0.25) is 0 Å². The van der Waals surface area contributed by atoms with E-state index in [4.69, 9.17) is 4.74 Å². The van der Waals surface area contributed by atoms with E-state index in [9.17, 15) is 14.7 Å². The number of carbonyl (C=O) groups is 2. The number of carbonyl (C=O) groups excluding carboxylic acids is 2. The summed E-state index contributed by atoms with van der Waals surface area (Å²) in [6.07, 6.45) is 3.31. The number of ketones is 1. The van der Waals surface area contributed by atoms with Gasteiger partial charge in [0.05, 0.1) is 18.7 Å². The van der Waals surface area contributed by atoms with E-state index in [1.54, 1.807) is 49.8 Å². The van der Waals surface area contributed by atoms with Gasteiger partial charge in [0.2, 0.25) is 0 Å². The number of nitrogens with zero attached hydrogens (tertiary/aromatic N) is 2.